The second-order valence-corrected chi connectivity index (χ2v) is 9.36. The molecule has 0 fully saturated rings. The van der Waals surface area contributed by atoms with Gasteiger partial charge in [-0.25, -0.2) is 4.98 Å². The number of unbranched alkanes of at least 4 members (excludes halogenated alkanes) is 13. The molecule has 4 heteroatoms. The van der Waals surface area contributed by atoms with E-state index >= 15 is 0 Å². The van der Waals surface area contributed by atoms with E-state index in [0.717, 1.165) is 30.7 Å². The minimum Gasteiger partial charge on any atom is -0.353 e. The van der Waals surface area contributed by atoms with E-state index in [1.54, 1.807) is 0 Å². The first-order chi connectivity index (χ1) is 16.3. The lowest BCUT2D eigenvalue weighted by atomic mass is 10.0. The van der Waals surface area contributed by atoms with Gasteiger partial charge in [0.25, 0.3) is 0 Å². The molecule has 1 N–H and O–H groups in total. The maximum atomic E-state index is 11.3. The lowest BCUT2D eigenvalue weighted by Crippen LogP contribution is -2.22. The van der Waals surface area contributed by atoms with Crippen LogP contribution in [0.25, 0.3) is 11.0 Å². The summed E-state index contributed by atoms with van der Waals surface area (Å²) in [5.41, 5.74) is 2.31. The van der Waals surface area contributed by atoms with E-state index in [0.29, 0.717) is 6.54 Å². The average molecular weight is 454 g/mol. The number of imidazole rings is 1. The third kappa shape index (κ3) is 11.0. The summed E-state index contributed by atoms with van der Waals surface area (Å²) in [6.07, 6.45) is 22.5. The van der Waals surface area contributed by atoms with Crippen molar-refractivity contribution in [2.45, 2.75) is 116 Å². The first-order valence-electron chi connectivity index (χ1n) is 13.6. The highest BCUT2D eigenvalue weighted by atomic mass is 16.1. The number of aromatic nitrogens is 2. The lowest BCUT2D eigenvalue weighted by Gasteiger charge is -2.10. The molecule has 33 heavy (non-hydrogen) atoms. The number of hydrogen-bond donors (Lipinski definition) is 1. The Balaban J connectivity index is 1.60. The SMILES string of the molecule is C=CC(=O)NCCCc1nc2ccccc2n1CCCCCCCCCCCCCCCC. The average Bonchev–Trinajstić information content (AvgIpc) is 3.19. The van der Waals surface area contributed by atoms with Crippen LogP contribution in [0.2, 0.25) is 0 Å². The summed E-state index contributed by atoms with van der Waals surface area (Å²) in [5.74, 6) is 1.03. The molecule has 2 aromatic rings. The van der Waals surface area contributed by atoms with Crippen LogP contribution in [0.5, 0.6) is 0 Å². The summed E-state index contributed by atoms with van der Waals surface area (Å²) < 4.78 is 2.39. The van der Waals surface area contributed by atoms with Gasteiger partial charge >= 0.3 is 0 Å². The second kappa shape index (κ2) is 17.4. The van der Waals surface area contributed by atoms with Crippen molar-refractivity contribution in [3.63, 3.8) is 0 Å². The molecular formula is C29H47N3O. The largest absolute Gasteiger partial charge is 0.353 e. The highest BCUT2D eigenvalue weighted by molar-refractivity contribution is 5.86. The third-order valence-corrected chi connectivity index (χ3v) is 6.53. The van der Waals surface area contributed by atoms with Crippen LogP contribution in [0.15, 0.2) is 36.9 Å². The number of carbonyl (C=O) groups is 1. The van der Waals surface area contributed by atoms with Gasteiger partial charge in [0.15, 0.2) is 0 Å². The van der Waals surface area contributed by atoms with Gasteiger partial charge in [0.05, 0.1) is 11.0 Å². The van der Waals surface area contributed by atoms with Crippen molar-refractivity contribution in [2.75, 3.05) is 6.54 Å². The zero-order valence-electron chi connectivity index (χ0n) is 21.1. The van der Waals surface area contributed by atoms with E-state index in [1.165, 1.54) is 101 Å². The van der Waals surface area contributed by atoms with Crippen LogP contribution in [-0.2, 0) is 17.8 Å². The van der Waals surface area contributed by atoms with Gasteiger partial charge < -0.3 is 9.88 Å². The monoisotopic (exact) mass is 453 g/mol. The van der Waals surface area contributed by atoms with E-state index in [2.05, 4.69) is 47.7 Å². The van der Waals surface area contributed by atoms with Crippen LogP contribution in [0.4, 0.5) is 0 Å². The Hall–Kier alpha value is -2.10. The fourth-order valence-corrected chi connectivity index (χ4v) is 4.56. The van der Waals surface area contributed by atoms with Gasteiger partial charge in [-0.2, -0.15) is 0 Å². The normalized spacial score (nSPS) is 11.2. The van der Waals surface area contributed by atoms with Gasteiger partial charge in [-0.3, -0.25) is 4.79 Å². The molecule has 1 aromatic heterocycles. The van der Waals surface area contributed by atoms with E-state index in [-0.39, 0.29) is 5.91 Å². The van der Waals surface area contributed by atoms with Gasteiger partial charge in [-0.15, -0.1) is 0 Å². The van der Waals surface area contributed by atoms with E-state index in [4.69, 9.17) is 4.98 Å². The number of para-hydroxylation sites is 2. The molecule has 184 valence electrons. The molecule has 0 radical (unpaired) electrons. The fraction of sp³-hybridized carbons (Fsp3) is 0.655. The molecule has 0 bridgehead atoms. The summed E-state index contributed by atoms with van der Waals surface area (Å²) in [7, 11) is 0. The van der Waals surface area contributed by atoms with Crippen molar-refractivity contribution in [3.05, 3.63) is 42.7 Å². The molecule has 0 aliphatic heterocycles. The molecule has 1 aromatic carbocycles. The molecule has 0 saturated carbocycles. The smallest absolute Gasteiger partial charge is 0.243 e. The maximum absolute atomic E-state index is 11.3. The maximum Gasteiger partial charge on any atom is 0.243 e. The van der Waals surface area contributed by atoms with E-state index in [1.807, 2.05) is 0 Å². The number of carbonyl (C=O) groups excluding carboxylic acids is 1. The Bertz CT molecular complexity index is 795. The van der Waals surface area contributed by atoms with Crippen molar-refractivity contribution in [1.82, 2.24) is 14.9 Å². The predicted octanol–water partition coefficient (Wildman–Crippen LogP) is 7.75. The number of amides is 1. The molecule has 1 amide bonds. The second-order valence-electron chi connectivity index (χ2n) is 9.36. The molecule has 0 saturated heterocycles. The Morgan fingerprint density at radius 1 is 0.879 bits per heavy atom. The Kier molecular flexibility index (Phi) is 14.3. The Labute approximate surface area is 202 Å². The van der Waals surface area contributed by atoms with Crippen LogP contribution in [0.3, 0.4) is 0 Å². The van der Waals surface area contributed by atoms with Crippen molar-refractivity contribution in [2.24, 2.45) is 0 Å². The number of rotatable bonds is 20. The number of nitrogens with zero attached hydrogens (tertiary/aromatic N) is 2. The third-order valence-electron chi connectivity index (χ3n) is 6.53. The molecule has 0 aliphatic rings. The lowest BCUT2D eigenvalue weighted by molar-refractivity contribution is -0.116. The van der Waals surface area contributed by atoms with E-state index < -0.39 is 0 Å². The van der Waals surface area contributed by atoms with Gasteiger partial charge in [0.1, 0.15) is 5.82 Å². The van der Waals surface area contributed by atoms with Gasteiger partial charge in [0.2, 0.25) is 5.91 Å². The number of fused-ring (bicyclic) bond motifs is 1. The van der Waals surface area contributed by atoms with Crippen LogP contribution < -0.4 is 5.32 Å². The van der Waals surface area contributed by atoms with Crippen LogP contribution in [0.1, 0.15) is 109 Å². The van der Waals surface area contributed by atoms with Crippen molar-refractivity contribution in [3.8, 4) is 0 Å². The first kappa shape index (κ1) is 27.1. The van der Waals surface area contributed by atoms with Crippen LogP contribution in [0, 0.1) is 0 Å². The highest BCUT2D eigenvalue weighted by Crippen LogP contribution is 2.19. The van der Waals surface area contributed by atoms with E-state index in [9.17, 15) is 4.79 Å². The highest BCUT2D eigenvalue weighted by Gasteiger charge is 2.10. The first-order valence-corrected chi connectivity index (χ1v) is 13.6. The summed E-state index contributed by atoms with van der Waals surface area (Å²) in [6, 6.07) is 8.43. The molecule has 0 unspecified atom stereocenters. The molecule has 0 aliphatic carbocycles. The van der Waals surface area contributed by atoms with Crippen LogP contribution >= 0.6 is 0 Å². The summed E-state index contributed by atoms with van der Waals surface area (Å²) in [5, 5.41) is 2.86. The summed E-state index contributed by atoms with van der Waals surface area (Å²) in [4.78, 5) is 16.2. The molecule has 4 nitrogen and oxygen atoms in total. The standard InChI is InChI=1S/C29H47N3O/c1-3-5-6-7-8-9-10-11-12-13-14-15-16-19-25-32-27-22-18-17-21-26(27)31-28(32)23-20-24-30-29(33)4-2/h4,17-18,21-22H,2-3,5-16,19-20,23-25H2,1H3,(H,30,33). The minimum atomic E-state index is -0.106. The topological polar surface area (TPSA) is 46.9 Å². The van der Waals surface area contributed by atoms with Gasteiger partial charge in [-0.05, 0) is 31.1 Å². The van der Waals surface area contributed by atoms with Crippen LogP contribution in [-0.4, -0.2) is 22.0 Å². The summed E-state index contributed by atoms with van der Waals surface area (Å²) >= 11 is 0. The Morgan fingerprint density at radius 3 is 2.06 bits per heavy atom. The molecule has 2 rings (SSSR count). The van der Waals surface area contributed by atoms with Gasteiger partial charge in [-0.1, -0.05) is 109 Å². The number of nitrogens with one attached hydrogen (secondary N) is 1. The molecule has 0 spiro atoms. The Morgan fingerprint density at radius 2 is 1.45 bits per heavy atom. The predicted molar refractivity (Wildman–Crippen MR) is 142 cm³/mol. The van der Waals surface area contributed by atoms with Gasteiger partial charge in [0, 0.05) is 19.5 Å². The van der Waals surface area contributed by atoms with Crippen molar-refractivity contribution in [1.29, 1.82) is 0 Å². The zero-order chi connectivity index (χ0) is 23.6. The summed E-state index contributed by atoms with van der Waals surface area (Å²) in [6.45, 7) is 7.48. The van der Waals surface area contributed by atoms with Crippen molar-refractivity contribution >= 4 is 16.9 Å². The number of hydrogen-bond acceptors (Lipinski definition) is 2. The molecule has 1 heterocycles. The minimum absolute atomic E-state index is 0.106. The quantitative estimate of drug-likeness (QED) is 0.164. The zero-order valence-corrected chi connectivity index (χ0v) is 21.1. The number of benzene rings is 1. The number of aryl methyl sites for hydroxylation is 2. The fourth-order valence-electron chi connectivity index (χ4n) is 4.56. The molecular weight excluding hydrogens is 406 g/mol. The molecule has 0 atom stereocenters. The van der Waals surface area contributed by atoms with Crippen molar-refractivity contribution < 1.29 is 4.79 Å².